The number of methoxy groups -OCH3 is 1. The maximum atomic E-state index is 13.0. The molecule has 10 heteroatoms. The first-order valence-corrected chi connectivity index (χ1v) is 11.5. The number of hydrogen-bond acceptors (Lipinski definition) is 6. The summed E-state index contributed by atoms with van der Waals surface area (Å²) < 4.78 is 38.7. The number of benzene rings is 2. The molecule has 7 nitrogen and oxygen atoms in total. The molecule has 0 aromatic heterocycles. The largest absolute Gasteiger partial charge is 0.465 e. The highest BCUT2D eigenvalue weighted by atomic mass is 35.5. The Bertz CT molecular complexity index is 1010. The lowest BCUT2D eigenvalue weighted by Gasteiger charge is -2.35. The lowest BCUT2D eigenvalue weighted by atomic mass is 10.1. The Morgan fingerprint density at radius 2 is 1.93 bits per heavy atom. The van der Waals surface area contributed by atoms with Gasteiger partial charge in [0.2, 0.25) is 10.0 Å². The first-order valence-electron chi connectivity index (χ1n) is 9.26. The third-order valence-electron chi connectivity index (χ3n) is 4.83. The van der Waals surface area contributed by atoms with Gasteiger partial charge in [0.15, 0.2) is 0 Å². The van der Waals surface area contributed by atoms with Crippen LogP contribution in [0.15, 0.2) is 47.4 Å². The molecule has 0 aliphatic carbocycles. The number of esters is 1. The average Bonchev–Trinajstić information content (AvgIpc) is 2.74. The molecule has 1 saturated heterocycles. The van der Waals surface area contributed by atoms with Crippen molar-refractivity contribution in [3.8, 4) is 0 Å². The fraction of sp³-hybridized carbons (Fsp3) is 0.350. The van der Waals surface area contributed by atoms with Gasteiger partial charge in [-0.05, 0) is 35.9 Å². The smallest absolute Gasteiger partial charge is 0.337 e. The molecule has 0 spiro atoms. The van der Waals surface area contributed by atoms with E-state index in [-0.39, 0.29) is 28.1 Å². The van der Waals surface area contributed by atoms with Crippen molar-refractivity contribution in [2.75, 3.05) is 40.0 Å². The van der Waals surface area contributed by atoms with Gasteiger partial charge >= 0.3 is 5.97 Å². The van der Waals surface area contributed by atoms with Gasteiger partial charge in [0.25, 0.3) is 0 Å². The first-order chi connectivity index (χ1) is 14.3. The number of halogens is 2. The minimum atomic E-state index is -3.99. The lowest BCUT2D eigenvalue weighted by molar-refractivity contribution is 0.0172. The molecular formula is C20H22Cl2N2O5S. The van der Waals surface area contributed by atoms with E-state index < -0.39 is 16.0 Å². The van der Waals surface area contributed by atoms with Gasteiger partial charge in [0.05, 0.1) is 30.9 Å². The van der Waals surface area contributed by atoms with Gasteiger partial charge < -0.3 is 9.47 Å². The fourth-order valence-corrected chi connectivity index (χ4v) is 5.04. The molecule has 30 heavy (non-hydrogen) atoms. The van der Waals surface area contributed by atoms with E-state index in [1.54, 1.807) is 6.07 Å². The molecule has 3 rings (SSSR count). The Morgan fingerprint density at radius 1 is 1.20 bits per heavy atom. The SMILES string of the molecule is COC(=O)c1ccc(Cl)c(S(=O)(=O)NCC(c2cccc(Cl)c2)N2CCOCC2)c1. The standard InChI is InChI=1S/C20H22Cl2N2O5S/c1-28-20(25)15-5-6-17(22)19(12-15)30(26,27)23-13-18(24-7-9-29-10-8-24)14-3-2-4-16(21)11-14/h2-6,11-12,18,23H,7-10,13H2,1H3. The number of sulfonamides is 1. The summed E-state index contributed by atoms with van der Waals surface area (Å²) in [6.45, 7) is 2.56. The number of morpholine rings is 1. The molecule has 1 aliphatic heterocycles. The van der Waals surface area contributed by atoms with E-state index in [0.29, 0.717) is 31.3 Å². The van der Waals surface area contributed by atoms with Gasteiger partial charge in [-0.15, -0.1) is 0 Å². The highest BCUT2D eigenvalue weighted by Gasteiger charge is 2.27. The zero-order chi connectivity index (χ0) is 21.7. The van der Waals surface area contributed by atoms with Crippen molar-refractivity contribution in [2.45, 2.75) is 10.9 Å². The van der Waals surface area contributed by atoms with E-state index >= 15 is 0 Å². The van der Waals surface area contributed by atoms with E-state index in [0.717, 1.165) is 5.56 Å². The quantitative estimate of drug-likeness (QED) is 0.623. The van der Waals surface area contributed by atoms with E-state index in [4.69, 9.17) is 27.9 Å². The van der Waals surface area contributed by atoms with Crippen molar-refractivity contribution in [1.82, 2.24) is 9.62 Å². The fourth-order valence-electron chi connectivity index (χ4n) is 3.28. The molecule has 0 bridgehead atoms. The number of nitrogens with one attached hydrogen (secondary N) is 1. The molecule has 1 atom stereocenters. The van der Waals surface area contributed by atoms with Crippen LogP contribution in [0.2, 0.25) is 10.0 Å². The minimum absolute atomic E-state index is 0.0147. The Morgan fingerprint density at radius 3 is 2.60 bits per heavy atom. The Labute approximate surface area is 185 Å². The average molecular weight is 473 g/mol. The number of carbonyl (C=O) groups excluding carboxylic acids is 1. The molecule has 1 aliphatic rings. The zero-order valence-corrected chi connectivity index (χ0v) is 18.6. The zero-order valence-electron chi connectivity index (χ0n) is 16.3. The summed E-state index contributed by atoms with van der Waals surface area (Å²) in [5.41, 5.74) is 0.989. The van der Waals surface area contributed by atoms with Gasteiger partial charge in [-0.3, -0.25) is 4.90 Å². The highest BCUT2D eigenvalue weighted by molar-refractivity contribution is 7.89. The minimum Gasteiger partial charge on any atom is -0.465 e. The van der Waals surface area contributed by atoms with Crippen LogP contribution in [0.3, 0.4) is 0 Å². The van der Waals surface area contributed by atoms with Crippen molar-refractivity contribution in [3.05, 3.63) is 63.6 Å². The summed E-state index contributed by atoms with van der Waals surface area (Å²) in [5.74, 6) is -0.645. The Hall–Kier alpha value is -1.68. The maximum absolute atomic E-state index is 13.0. The van der Waals surface area contributed by atoms with Gasteiger partial charge in [-0.1, -0.05) is 35.3 Å². The second-order valence-corrected chi connectivity index (χ2v) is 9.29. The van der Waals surface area contributed by atoms with Crippen molar-refractivity contribution in [2.24, 2.45) is 0 Å². The molecule has 1 heterocycles. The van der Waals surface area contributed by atoms with Crippen LogP contribution in [0.5, 0.6) is 0 Å². The van der Waals surface area contributed by atoms with Crippen LogP contribution >= 0.6 is 23.2 Å². The third-order valence-corrected chi connectivity index (χ3v) is 6.97. The molecule has 162 valence electrons. The summed E-state index contributed by atoms with van der Waals surface area (Å²) in [5, 5.41) is 0.586. The molecule has 1 fully saturated rings. The van der Waals surface area contributed by atoms with Gasteiger partial charge in [-0.2, -0.15) is 0 Å². The van der Waals surface area contributed by atoms with Crippen LogP contribution < -0.4 is 4.72 Å². The van der Waals surface area contributed by atoms with Gasteiger partial charge in [0.1, 0.15) is 4.90 Å². The highest BCUT2D eigenvalue weighted by Crippen LogP contribution is 2.26. The monoisotopic (exact) mass is 472 g/mol. The summed E-state index contributed by atoms with van der Waals surface area (Å²) in [6, 6.07) is 11.1. The van der Waals surface area contributed by atoms with Crippen LogP contribution in [-0.4, -0.2) is 59.2 Å². The predicted molar refractivity (Wildman–Crippen MR) is 115 cm³/mol. The molecule has 0 saturated carbocycles. The summed E-state index contributed by atoms with van der Waals surface area (Å²) in [4.78, 5) is 13.7. The molecular weight excluding hydrogens is 451 g/mol. The van der Waals surface area contributed by atoms with E-state index in [1.807, 2.05) is 18.2 Å². The van der Waals surface area contributed by atoms with Crippen LogP contribution in [0.4, 0.5) is 0 Å². The molecule has 1 unspecified atom stereocenters. The number of ether oxygens (including phenoxy) is 2. The van der Waals surface area contributed by atoms with E-state index in [1.165, 1.54) is 25.3 Å². The molecule has 1 N–H and O–H groups in total. The van der Waals surface area contributed by atoms with Crippen LogP contribution in [0.25, 0.3) is 0 Å². The number of rotatable bonds is 7. The molecule has 2 aromatic carbocycles. The number of hydrogen-bond donors (Lipinski definition) is 1. The number of carbonyl (C=O) groups is 1. The normalized spacial score (nSPS) is 16.2. The second kappa shape index (κ2) is 10.1. The molecule has 2 aromatic rings. The van der Waals surface area contributed by atoms with Crippen LogP contribution in [0.1, 0.15) is 22.0 Å². The molecule has 0 amide bonds. The summed E-state index contributed by atoms with van der Waals surface area (Å²) in [6.07, 6.45) is 0. The van der Waals surface area contributed by atoms with Crippen molar-refractivity contribution < 1.29 is 22.7 Å². The third kappa shape index (κ3) is 5.51. The predicted octanol–water partition coefficient (Wildman–Crippen LogP) is 3.13. The lowest BCUT2D eigenvalue weighted by Crippen LogP contribution is -2.43. The Balaban J connectivity index is 1.86. The van der Waals surface area contributed by atoms with Gasteiger partial charge in [-0.25, -0.2) is 17.9 Å². The summed E-state index contributed by atoms with van der Waals surface area (Å²) in [7, 11) is -2.76. The second-order valence-electron chi connectivity index (χ2n) is 6.71. The van der Waals surface area contributed by atoms with E-state index in [2.05, 4.69) is 14.4 Å². The van der Waals surface area contributed by atoms with Crippen molar-refractivity contribution in [3.63, 3.8) is 0 Å². The van der Waals surface area contributed by atoms with Crippen LogP contribution in [0, 0.1) is 0 Å². The topological polar surface area (TPSA) is 84.9 Å². The summed E-state index contributed by atoms with van der Waals surface area (Å²) >= 11 is 12.3. The van der Waals surface area contributed by atoms with Crippen molar-refractivity contribution in [1.29, 1.82) is 0 Å². The first kappa shape index (κ1) is 23.0. The van der Waals surface area contributed by atoms with Crippen molar-refractivity contribution >= 4 is 39.2 Å². The number of nitrogens with zero attached hydrogens (tertiary/aromatic N) is 1. The Kier molecular flexibility index (Phi) is 7.73. The van der Waals surface area contributed by atoms with Crippen LogP contribution in [-0.2, 0) is 19.5 Å². The van der Waals surface area contributed by atoms with Gasteiger partial charge in [0, 0.05) is 30.7 Å². The maximum Gasteiger partial charge on any atom is 0.337 e. The molecule has 0 radical (unpaired) electrons. The van der Waals surface area contributed by atoms with E-state index in [9.17, 15) is 13.2 Å².